The second kappa shape index (κ2) is 8.77. The molecule has 4 rings (SSSR count). The lowest BCUT2D eigenvalue weighted by Crippen LogP contribution is -2.58. The second-order valence-corrected chi connectivity index (χ2v) is 9.60. The zero-order chi connectivity index (χ0) is 22.3. The Labute approximate surface area is 184 Å². The van der Waals surface area contributed by atoms with Crippen molar-refractivity contribution in [2.24, 2.45) is 0 Å². The number of carbonyl (C=O) groups is 2. The monoisotopic (exact) mass is 430 g/mol. The highest BCUT2D eigenvalue weighted by molar-refractivity contribution is 5.89. The third-order valence-electron chi connectivity index (χ3n) is 7.52. The Morgan fingerprint density at radius 2 is 1.97 bits per heavy atom. The van der Waals surface area contributed by atoms with Crippen LogP contribution in [-0.4, -0.2) is 72.5 Å². The maximum Gasteiger partial charge on any atom is 0.243 e. The van der Waals surface area contributed by atoms with Crippen LogP contribution in [0.5, 0.6) is 0 Å². The Kier molecular flexibility index (Phi) is 6.24. The molecule has 0 spiro atoms. The van der Waals surface area contributed by atoms with Crippen LogP contribution in [0.4, 0.5) is 10.1 Å². The third-order valence-corrected chi connectivity index (χ3v) is 7.52. The fourth-order valence-electron chi connectivity index (χ4n) is 5.88. The van der Waals surface area contributed by atoms with Crippen LogP contribution in [0.2, 0.25) is 0 Å². The Morgan fingerprint density at radius 3 is 2.65 bits per heavy atom. The number of amides is 2. The molecule has 1 aromatic carbocycles. The van der Waals surface area contributed by atoms with Crippen molar-refractivity contribution in [3.05, 3.63) is 29.1 Å². The highest BCUT2D eigenvalue weighted by atomic mass is 19.1. The van der Waals surface area contributed by atoms with Crippen molar-refractivity contribution in [2.45, 2.75) is 77.0 Å². The SMILES string of the molecule is CC(=O)N1CCN([C@H]2CCCC(NC(=O)C3Cc4c(F)ccc(C)c4N3C)C2)C[C@@H]1C. The summed E-state index contributed by atoms with van der Waals surface area (Å²) in [7, 11) is 1.89. The maximum absolute atomic E-state index is 14.3. The molecule has 2 fully saturated rings. The molecule has 7 heteroatoms. The van der Waals surface area contributed by atoms with Gasteiger partial charge in [0.25, 0.3) is 0 Å². The Balaban J connectivity index is 1.36. The third kappa shape index (κ3) is 4.29. The van der Waals surface area contributed by atoms with Gasteiger partial charge in [-0.1, -0.05) is 6.07 Å². The van der Waals surface area contributed by atoms with Gasteiger partial charge in [-0.2, -0.15) is 0 Å². The predicted octanol–water partition coefficient (Wildman–Crippen LogP) is 2.48. The Morgan fingerprint density at radius 1 is 1.19 bits per heavy atom. The standard InChI is InChI=1S/C24H35FN4O2/c1-15-8-9-21(25)20-13-22(27(4)23(15)20)24(31)26-18-6-5-7-19(12-18)28-10-11-29(17(3)30)16(2)14-28/h8-9,16,18-19,22H,5-7,10-14H2,1-4H3,(H,26,31)/t16-,18?,19-,22?/m0/s1. The van der Waals surface area contributed by atoms with Gasteiger partial charge in [-0.15, -0.1) is 0 Å². The van der Waals surface area contributed by atoms with Crippen LogP contribution in [-0.2, 0) is 16.0 Å². The average molecular weight is 431 g/mol. The van der Waals surface area contributed by atoms with E-state index in [0.29, 0.717) is 18.0 Å². The van der Waals surface area contributed by atoms with Crippen molar-refractivity contribution in [3.63, 3.8) is 0 Å². The van der Waals surface area contributed by atoms with E-state index in [1.807, 2.05) is 23.8 Å². The van der Waals surface area contributed by atoms with Crippen LogP contribution in [0, 0.1) is 12.7 Å². The smallest absolute Gasteiger partial charge is 0.243 e. The van der Waals surface area contributed by atoms with E-state index in [1.54, 1.807) is 13.0 Å². The first-order valence-electron chi connectivity index (χ1n) is 11.6. The topological polar surface area (TPSA) is 55.9 Å². The van der Waals surface area contributed by atoms with Crippen molar-refractivity contribution >= 4 is 17.5 Å². The van der Waals surface area contributed by atoms with Crippen molar-refractivity contribution in [1.82, 2.24) is 15.1 Å². The van der Waals surface area contributed by atoms with Crippen LogP contribution in [0.15, 0.2) is 12.1 Å². The number of halogens is 1. The van der Waals surface area contributed by atoms with Crippen LogP contribution in [0.3, 0.4) is 0 Å². The molecule has 1 aliphatic carbocycles. The minimum absolute atomic E-state index is 0.00193. The van der Waals surface area contributed by atoms with Crippen molar-refractivity contribution < 1.29 is 14.0 Å². The molecule has 0 radical (unpaired) electrons. The number of nitrogens with zero attached hydrogens (tertiary/aromatic N) is 3. The van der Waals surface area contributed by atoms with E-state index in [-0.39, 0.29) is 35.8 Å². The maximum atomic E-state index is 14.3. The number of anilines is 1. The molecule has 31 heavy (non-hydrogen) atoms. The summed E-state index contributed by atoms with van der Waals surface area (Å²) in [6, 6.07) is 3.74. The fraction of sp³-hybridized carbons (Fsp3) is 0.667. The number of rotatable bonds is 3. The van der Waals surface area contributed by atoms with E-state index in [9.17, 15) is 14.0 Å². The molecule has 1 saturated heterocycles. The number of carbonyl (C=O) groups excluding carboxylic acids is 2. The summed E-state index contributed by atoms with van der Waals surface area (Å²) < 4.78 is 14.3. The minimum atomic E-state index is -0.356. The highest BCUT2D eigenvalue weighted by Crippen LogP contribution is 2.36. The molecule has 1 N–H and O–H groups in total. The lowest BCUT2D eigenvalue weighted by atomic mass is 9.89. The van der Waals surface area contributed by atoms with E-state index in [2.05, 4.69) is 17.1 Å². The summed E-state index contributed by atoms with van der Waals surface area (Å²) in [5.41, 5.74) is 2.52. The molecule has 6 nitrogen and oxygen atoms in total. The number of hydrogen-bond donors (Lipinski definition) is 1. The number of hydrogen-bond acceptors (Lipinski definition) is 4. The molecule has 2 amide bonds. The fourth-order valence-corrected chi connectivity index (χ4v) is 5.88. The molecule has 0 bridgehead atoms. The highest BCUT2D eigenvalue weighted by Gasteiger charge is 2.37. The zero-order valence-electron chi connectivity index (χ0n) is 19.2. The van der Waals surface area contributed by atoms with Gasteiger partial charge in [0.2, 0.25) is 11.8 Å². The van der Waals surface area contributed by atoms with Crippen molar-refractivity contribution in [2.75, 3.05) is 31.6 Å². The van der Waals surface area contributed by atoms with E-state index in [1.165, 1.54) is 6.07 Å². The van der Waals surface area contributed by atoms with Crippen LogP contribution in [0.1, 0.15) is 50.7 Å². The number of piperazine rings is 1. The Bertz CT molecular complexity index is 860. The lowest BCUT2D eigenvalue weighted by molar-refractivity contribution is -0.134. The van der Waals surface area contributed by atoms with Gasteiger partial charge in [-0.3, -0.25) is 14.5 Å². The van der Waals surface area contributed by atoms with Gasteiger partial charge in [-0.25, -0.2) is 4.39 Å². The normalized spacial score (nSPS) is 29.1. The molecule has 4 atom stereocenters. The summed E-state index contributed by atoms with van der Waals surface area (Å²) in [5, 5.41) is 3.28. The summed E-state index contributed by atoms with van der Waals surface area (Å²) in [4.78, 5) is 31.3. The van der Waals surface area contributed by atoms with E-state index >= 15 is 0 Å². The molecule has 0 aromatic heterocycles. The molecule has 1 aromatic rings. The van der Waals surface area contributed by atoms with Crippen LogP contribution in [0.25, 0.3) is 0 Å². The molecule has 3 aliphatic rings. The minimum Gasteiger partial charge on any atom is -0.362 e. The molecule has 170 valence electrons. The van der Waals surface area contributed by atoms with Crippen molar-refractivity contribution in [1.29, 1.82) is 0 Å². The summed E-state index contributed by atoms with van der Waals surface area (Å²) in [6.45, 7) is 8.29. The van der Waals surface area contributed by atoms with Crippen LogP contribution < -0.4 is 10.2 Å². The first-order valence-corrected chi connectivity index (χ1v) is 11.6. The second-order valence-electron chi connectivity index (χ2n) is 9.60. The average Bonchev–Trinajstić information content (AvgIpc) is 3.09. The summed E-state index contributed by atoms with van der Waals surface area (Å²) in [6.07, 6.45) is 4.58. The first-order chi connectivity index (χ1) is 14.8. The van der Waals surface area contributed by atoms with Gasteiger partial charge < -0.3 is 15.1 Å². The number of fused-ring (bicyclic) bond motifs is 1. The molecular formula is C24H35FN4O2. The molecule has 2 aliphatic heterocycles. The predicted molar refractivity (Wildman–Crippen MR) is 120 cm³/mol. The number of aryl methyl sites for hydroxylation is 1. The van der Waals surface area contributed by atoms with Gasteiger partial charge in [0.15, 0.2) is 0 Å². The molecule has 1 saturated carbocycles. The number of benzene rings is 1. The van der Waals surface area contributed by atoms with Gasteiger partial charge in [0, 0.05) is 69.4 Å². The van der Waals surface area contributed by atoms with E-state index < -0.39 is 0 Å². The van der Waals surface area contributed by atoms with Crippen molar-refractivity contribution in [3.8, 4) is 0 Å². The lowest BCUT2D eigenvalue weighted by Gasteiger charge is -2.45. The van der Waals surface area contributed by atoms with Gasteiger partial charge >= 0.3 is 0 Å². The number of nitrogens with one attached hydrogen (secondary N) is 1. The van der Waals surface area contributed by atoms with Gasteiger partial charge in [0.1, 0.15) is 11.9 Å². The first kappa shape index (κ1) is 22.1. The number of likely N-dealkylation sites (N-methyl/N-ethyl adjacent to an activating group) is 1. The zero-order valence-corrected chi connectivity index (χ0v) is 19.2. The van der Waals surface area contributed by atoms with Crippen LogP contribution >= 0.6 is 0 Å². The van der Waals surface area contributed by atoms with Gasteiger partial charge in [0.05, 0.1) is 0 Å². The summed E-state index contributed by atoms with van der Waals surface area (Å²) in [5.74, 6) is -0.0773. The summed E-state index contributed by atoms with van der Waals surface area (Å²) >= 11 is 0. The Hall–Kier alpha value is -2.15. The molecule has 2 unspecified atom stereocenters. The van der Waals surface area contributed by atoms with Gasteiger partial charge in [-0.05, 0) is 51.2 Å². The van der Waals surface area contributed by atoms with E-state index in [4.69, 9.17) is 0 Å². The largest absolute Gasteiger partial charge is 0.362 e. The van der Waals surface area contributed by atoms with E-state index in [0.717, 1.165) is 56.6 Å². The molecular weight excluding hydrogens is 395 g/mol. The quantitative estimate of drug-likeness (QED) is 0.801. The molecule has 2 heterocycles.